The summed E-state index contributed by atoms with van der Waals surface area (Å²) in [7, 11) is 0. The molecule has 2 aliphatic rings. The van der Waals surface area contributed by atoms with Crippen molar-refractivity contribution < 1.29 is 24.2 Å². The zero-order chi connectivity index (χ0) is 21.3. The average Bonchev–Trinajstić information content (AvgIpc) is 2.76. The largest absolute Gasteiger partial charge is 0.394 e. The van der Waals surface area contributed by atoms with Crippen LogP contribution in [0.1, 0.15) is 37.8 Å². The van der Waals surface area contributed by atoms with E-state index in [-0.39, 0.29) is 43.0 Å². The molecule has 0 spiro atoms. The molecule has 2 heterocycles. The van der Waals surface area contributed by atoms with Gasteiger partial charge in [-0.2, -0.15) is 0 Å². The highest BCUT2D eigenvalue weighted by atomic mass is 16.5. The van der Waals surface area contributed by atoms with Gasteiger partial charge in [0.25, 0.3) is 0 Å². The third-order valence-electron chi connectivity index (χ3n) is 5.70. The maximum Gasteiger partial charge on any atom is 0.234 e. The number of hydrogen-bond acceptors (Lipinski definition) is 6. The van der Waals surface area contributed by atoms with Crippen LogP contribution >= 0.6 is 0 Å². The molecule has 30 heavy (non-hydrogen) atoms. The van der Waals surface area contributed by atoms with Gasteiger partial charge < -0.3 is 25.2 Å². The Labute approximate surface area is 177 Å². The predicted octanol–water partition coefficient (Wildman–Crippen LogP) is 0.611. The van der Waals surface area contributed by atoms with Crippen molar-refractivity contribution in [3.63, 3.8) is 0 Å². The Kier molecular flexibility index (Phi) is 8.62. The number of ether oxygens (including phenoxy) is 2. The van der Waals surface area contributed by atoms with Gasteiger partial charge >= 0.3 is 0 Å². The van der Waals surface area contributed by atoms with E-state index in [1.807, 2.05) is 37.3 Å². The number of morpholine rings is 1. The SMILES string of the molecule is C[C@@H](NC(=O)C[C@@H]1CC[C@H](NC(=O)CN2CCOCC2)[C@H](CO)O1)c1ccccc1. The Bertz CT molecular complexity index is 681. The summed E-state index contributed by atoms with van der Waals surface area (Å²) in [6, 6.07) is 9.47. The van der Waals surface area contributed by atoms with Crippen LogP contribution in [-0.2, 0) is 19.1 Å². The predicted molar refractivity (Wildman–Crippen MR) is 112 cm³/mol. The number of aliphatic hydroxyl groups is 1. The summed E-state index contributed by atoms with van der Waals surface area (Å²) in [6.45, 7) is 4.86. The van der Waals surface area contributed by atoms with E-state index >= 15 is 0 Å². The minimum atomic E-state index is -0.503. The first kappa shape index (κ1) is 22.7. The highest BCUT2D eigenvalue weighted by molar-refractivity contribution is 5.78. The van der Waals surface area contributed by atoms with E-state index in [1.54, 1.807) is 0 Å². The number of carbonyl (C=O) groups excluding carboxylic acids is 2. The van der Waals surface area contributed by atoms with Crippen LogP contribution in [0.4, 0.5) is 0 Å². The number of carbonyl (C=O) groups is 2. The molecule has 2 fully saturated rings. The summed E-state index contributed by atoms with van der Waals surface area (Å²) in [6.07, 6.45) is 0.801. The van der Waals surface area contributed by atoms with Crippen molar-refractivity contribution >= 4 is 11.8 Å². The van der Waals surface area contributed by atoms with Crippen LogP contribution < -0.4 is 10.6 Å². The van der Waals surface area contributed by atoms with Crippen molar-refractivity contribution in [2.24, 2.45) is 0 Å². The van der Waals surface area contributed by atoms with Gasteiger partial charge in [-0.1, -0.05) is 30.3 Å². The van der Waals surface area contributed by atoms with Gasteiger partial charge in [0, 0.05) is 13.1 Å². The molecule has 0 bridgehead atoms. The normalized spacial score (nSPS) is 26.0. The Morgan fingerprint density at radius 1 is 1.17 bits per heavy atom. The molecule has 8 heteroatoms. The van der Waals surface area contributed by atoms with Crippen LogP contribution in [0.3, 0.4) is 0 Å². The molecule has 2 saturated heterocycles. The first-order valence-electron chi connectivity index (χ1n) is 10.7. The molecule has 0 unspecified atom stereocenters. The standard InChI is InChI=1S/C22H33N3O5/c1-16(17-5-3-2-4-6-17)23-21(27)13-18-7-8-19(20(15-26)30-18)24-22(28)14-25-9-11-29-12-10-25/h2-6,16,18-20,26H,7-15H2,1H3,(H,23,27)(H,24,28)/t16-,18+,19+,20+/m1/s1. The van der Waals surface area contributed by atoms with Crippen LogP contribution in [0.25, 0.3) is 0 Å². The lowest BCUT2D eigenvalue weighted by atomic mass is 9.96. The number of nitrogens with zero attached hydrogens (tertiary/aromatic N) is 1. The van der Waals surface area contributed by atoms with E-state index in [0.29, 0.717) is 32.6 Å². The molecule has 2 amide bonds. The lowest BCUT2D eigenvalue weighted by Crippen LogP contribution is -2.53. The van der Waals surface area contributed by atoms with Crippen molar-refractivity contribution in [1.82, 2.24) is 15.5 Å². The van der Waals surface area contributed by atoms with Crippen molar-refractivity contribution in [3.8, 4) is 0 Å². The quantitative estimate of drug-likeness (QED) is 0.571. The maximum absolute atomic E-state index is 12.4. The first-order valence-corrected chi connectivity index (χ1v) is 10.7. The van der Waals surface area contributed by atoms with E-state index in [2.05, 4.69) is 15.5 Å². The van der Waals surface area contributed by atoms with Crippen molar-refractivity contribution in [2.75, 3.05) is 39.5 Å². The van der Waals surface area contributed by atoms with E-state index in [4.69, 9.17) is 9.47 Å². The van der Waals surface area contributed by atoms with Crippen LogP contribution in [0.15, 0.2) is 30.3 Å². The van der Waals surface area contributed by atoms with Gasteiger partial charge in [0.15, 0.2) is 0 Å². The van der Waals surface area contributed by atoms with Gasteiger partial charge in [0.05, 0.1) is 51.0 Å². The third-order valence-corrected chi connectivity index (χ3v) is 5.70. The fourth-order valence-electron chi connectivity index (χ4n) is 3.99. The molecule has 0 radical (unpaired) electrons. The van der Waals surface area contributed by atoms with Gasteiger partial charge in [-0.3, -0.25) is 14.5 Å². The molecule has 0 aromatic heterocycles. The number of rotatable bonds is 8. The van der Waals surface area contributed by atoms with E-state index in [1.165, 1.54) is 0 Å². The molecule has 0 saturated carbocycles. The number of benzene rings is 1. The summed E-state index contributed by atoms with van der Waals surface area (Å²) in [5, 5.41) is 15.7. The molecule has 4 atom stereocenters. The lowest BCUT2D eigenvalue weighted by Gasteiger charge is -2.36. The zero-order valence-electron chi connectivity index (χ0n) is 17.6. The molecule has 166 valence electrons. The molecule has 0 aliphatic carbocycles. The second-order valence-electron chi connectivity index (χ2n) is 8.02. The fourth-order valence-corrected chi connectivity index (χ4v) is 3.99. The monoisotopic (exact) mass is 419 g/mol. The maximum atomic E-state index is 12.4. The Morgan fingerprint density at radius 2 is 1.90 bits per heavy atom. The van der Waals surface area contributed by atoms with E-state index < -0.39 is 6.10 Å². The van der Waals surface area contributed by atoms with Gasteiger partial charge in [-0.15, -0.1) is 0 Å². The highest BCUT2D eigenvalue weighted by Gasteiger charge is 2.33. The minimum Gasteiger partial charge on any atom is -0.394 e. The number of aliphatic hydroxyl groups excluding tert-OH is 1. The average molecular weight is 420 g/mol. The molecule has 1 aromatic rings. The third kappa shape index (κ3) is 6.77. The van der Waals surface area contributed by atoms with Crippen molar-refractivity contribution in [2.45, 2.75) is 50.5 Å². The van der Waals surface area contributed by atoms with Crippen LogP contribution in [0, 0.1) is 0 Å². The first-order chi connectivity index (χ1) is 14.5. The second kappa shape index (κ2) is 11.4. The van der Waals surface area contributed by atoms with Crippen LogP contribution in [-0.4, -0.2) is 79.5 Å². The molecule has 3 N–H and O–H groups in total. The van der Waals surface area contributed by atoms with E-state index in [0.717, 1.165) is 18.7 Å². The molecule has 3 rings (SSSR count). The topological polar surface area (TPSA) is 100 Å². The van der Waals surface area contributed by atoms with Gasteiger partial charge in [-0.05, 0) is 25.3 Å². The summed E-state index contributed by atoms with van der Waals surface area (Å²) >= 11 is 0. The summed E-state index contributed by atoms with van der Waals surface area (Å²) in [5.74, 6) is -0.153. The number of amides is 2. The Morgan fingerprint density at radius 3 is 2.60 bits per heavy atom. The zero-order valence-corrected chi connectivity index (χ0v) is 17.6. The van der Waals surface area contributed by atoms with Crippen molar-refractivity contribution in [1.29, 1.82) is 0 Å². The highest BCUT2D eigenvalue weighted by Crippen LogP contribution is 2.22. The Balaban J connectivity index is 1.43. The minimum absolute atomic E-state index is 0.0724. The second-order valence-corrected chi connectivity index (χ2v) is 8.02. The number of hydrogen-bond donors (Lipinski definition) is 3. The van der Waals surface area contributed by atoms with Gasteiger partial charge in [0.2, 0.25) is 11.8 Å². The van der Waals surface area contributed by atoms with Crippen molar-refractivity contribution in [3.05, 3.63) is 35.9 Å². The lowest BCUT2D eigenvalue weighted by molar-refractivity contribution is -0.137. The molecular weight excluding hydrogens is 386 g/mol. The summed E-state index contributed by atoms with van der Waals surface area (Å²) in [4.78, 5) is 26.8. The van der Waals surface area contributed by atoms with Crippen LogP contribution in [0.5, 0.6) is 0 Å². The smallest absolute Gasteiger partial charge is 0.234 e. The molecule has 1 aromatic carbocycles. The molecular formula is C22H33N3O5. The van der Waals surface area contributed by atoms with Crippen LogP contribution in [0.2, 0.25) is 0 Å². The fraction of sp³-hybridized carbons (Fsp3) is 0.636. The summed E-state index contributed by atoms with van der Waals surface area (Å²) < 4.78 is 11.2. The summed E-state index contributed by atoms with van der Waals surface area (Å²) in [5.41, 5.74) is 1.05. The van der Waals surface area contributed by atoms with E-state index in [9.17, 15) is 14.7 Å². The molecule has 2 aliphatic heterocycles. The van der Waals surface area contributed by atoms with Gasteiger partial charge in [0.1, 0.15) is 6.10 Å². The Hall–Kier alpha value is -2.00. The van der Waals surface area contributed by atoms with Gasteiger partial charge in [-0.25, -0.2) is 0 Å². The molecule has 8 nitrogen and oxygen atoms in total. The number of nitrogens with one attached hydrogen (secondary N) is 2.